The first-order chi connectivity index (χ1) is 20.1. The molecular weight excluding hydrogens is 603 g/mol. The van der Waals surface area contributed by atoms with Crippen molar-refractivity contribution in [2.75, 3.05) is 13.7 Å². The van der Waals surface area contributed by atoms with Crippen LogP contribution >= 0.6 is 34.5 Å². The van der Waals surface area contributed by atoms with Crippen LogP contribution in [0.5, 0.6) is 11.5 Å². The summed E-state index contributed by atoms with van der Waals surface area (Å²) in [5, 5.41) is 0.933. The van der Waals surface area contributed by atoms with Gasteiger partial charge in [-0.05, 0) is 61.9 Å². The summed E-state index contributed by atoms with van der Waals surface area (Å²) in [6.45, 7) is 4.81. The lowest BCUT2D eigenvalue weighted by atomic mass is 9.95. The third kappa shape index (κ3) is 5.65. The number of halogens is 2. The highest BCUT2D eigenvalue weighted by molar-refractivity contribution is 7.07. The second-order valence-corrected chi connectivity index (χ2v) is 11.0. The molecular formula is C30H24Cl2N2O7S. The lowest BCUT2D eigenvalue weighted by Gasteiger charge is -2.25. The average Bonchev–Trinajstić information content (AvgIpc) is 3.52. The molecule has 42 heavy (non-hydrogen) atoms. The molecule has 1 aliphatic rings. The SMILES string of the molecule is CCOC(=O)C1=C(C)N=c2sc(=Cc3ccc(-c4ccc(Cl)cc4Cl)o3)c(=O)n2[C@@H]1c1ccc(OC(C)=O)c(OC)c1. The van der Waals surface area contributed by atoms with E-state index in [9.17, 15) is 14.4 Å². The Labute approximate surface area is 253 Å². The quantitative estimate of drug-likeness (QED) is 0.202. The Balaban J connectivity index is 1.65. The van der Waals surface area contributed by atoms with Crippen molar-refractivity contribution >= 4 is 52.6 Å². The normalized spacial score (nSPS) is 14.8. The summed E-state index contributed by atoms with van der Waals surface area (Å²) in [4.78, 5) is 43.6. The zero-order valence-corrected chi connectivity index (χ0v) is 25.2. The first-order valence-electron chi connectivity index (χ1n) is 12.7. The number of carbonyl (C=O) groups excluding carboxylic acids is 2. The molecule has 2 aromatic carbocycles. The second-order valence-electron chi connectivity index (χ2n) is 9.13. The predicted molar refractivity (Wildman–Crippen MR) is 159 cm³/mol. The minimum absolute atomic E-state index is 0.139. The summed E-state index contributed by atoms with van der Waals surface area (Å²) in [5.41, 5.74) is 1.42. The summed E-state index contributed by atoms with van der Waals surface area (Å²) < 4.78 is 23.8. The molecule has 0 fully saturated rings. The fourth-order valence-corrected chi connectivity index (χ4v) is 6.12. The smallest absolute Gasteiger partial charge is 0.338 e. The zero-order chi connectivity index (χ0) is 30.1. The van der Waals surface area contributed by atoms with Gasteiger partial charge in [0, 0.05) is 23.6 Å². The summed E-state index contributed by atoms with van der Waals surface area (Å²) in [7, 11) is 1.43. The van der Waals surface area contributed by atoms with Crippen molar-refractivity contribution in [3.8, 4) is 22.8 Å². The minimum Gasteiger partial charge on any atom is -0.493 e. The number of rotatable bonds is 7. The first-order valence-corrected chi connectivity index (χ1v) is 14.3. The molecule has 0 saturated heterocycles. The Morgan fingerprint density at radius 2 is 1.90 bits per heavy atom. The maximum Gasteiger partial charge on any atom is 0.338 e. The Morgan fingerprint density at radius 3 is 2.60 bits per heavy atom. The number of ether oxygens (including phenoxy) is 3. The van der Waals surface area contributed by atoms with Crippen LogP contribution in [-0.2, 0) is 14.3 Å². The van der Waals surface area contributed by atoms with E-state index in [4.69, 9.17) is 41.8 Å². The lowest BCUT2D eigenvalue weighted by molar-refractivity contribution is -0.139. The fourth-order valence-electron chi connectivity index (χ4n) is 4.59. The molecule has 1 aliphatic heterocycles. The van der Waals surface area contributed by atoms with Gasteiger partial charge in [0.2, 0.25) is 0 Å². The van der Waals surface area contributed by atoms with Gasteiger partial charge in [-0.25, -0.2) is 9.79 Å². The van der Waals surface area contributed by atoms with Gasteiger partial charge in [-0.2, -0.15) is 0 Å². The number of fused-ring (bicyclic) bond motifs is 1. The second kappa shape index (κ2) is 12.0. The Hall–Kier alpha value is -4.12. The number of hydrogen-bond donors (Lipinski definition) is 0. The largest absolute Gasteiger partial charge is 0.493 e. The van der Waals surface area contributed by atoms with E-state index in [1.165, 1.54) is 18.6 Å². The van der Waals surface area contributed by atoms with E-state index in [0.717, 1.165) is 11.3 Å². The van der Waals surface area contributed by atoms with E-state index < -0.39 is 18.0 Å². The fraction of sp³-hybridized carbons (Fsp3) is 0.200. The molecule has 0 amide bonds. The summed E-state index contributed by atoms with van der Waals surface area (Å²) >= 11 is 13.5. The molecule has 4 aromatic rings. The molecule has 0 bridgehead atoms. The van der Waals surface area contributed by atoms with Crippen LogP contribution in [0.15, 0.2) is 74.0 Å². The van der Waals surface area contributed by atoms with Crippen molar-refractivity contribution in [1.29, 1.82) is 0 Å². The van der Waals surface area contributed by atoms with Gasteiger partial charge in [-0.3, -0.25) is 14.2 Å². The van der Waals surface area contributed by atoms with Crippen LogP contribution in [0, 0.1) is 0 Å². The van der Waals surface area contributed by atoms with E-state index >= 15 is 0 Å². The lowest BCUT2D eigenvalue weighted by Crippen LogP contribution is -2.39. The number of furan rings is 1. The number of esters is 2. The van der Waals surface area contributed by atoms with Crippen LogP contribution in [0.2, 0.25) is 10.0 Å². The van der Waals surface area contributed by atoms with Crippen molar-refractivity contribution in [2.24, 2.45) is 4.99 Å². The molecule has 2 aromatic heterocycles. The molecule has 0 unspecified atom stereocenters. The number of nitrogens with zero attached hydrogens (tertiary/aromatic N) is 2. The maximum atomic E-state index is 13.9. The monoisotopic (exact) mass is 626 g/mol. The molecule has 3 heterocycles. The molecule has 0 radical (unpaired) electrons. The van der Waals surface area contributed by atoms with Crippen molar-refractivity contribution < 1.29 is 28.2 Å². The summed E-state index contributed by atoms with van der Waals surface area (Å²) in [6.07, 6.45) is 1.61. The highest BCUT2D eigenvalue weighted by atomic mass is 35.5. The van der Waals surface area contributed by atoms with Gasteiger partial charge in [0.15, 0.2) is 16.3 Å². The number of thiazole rings is 1. The maximum absolute atomic E-state index is 13.9. The van der Waals surface area contributed by atoms with E-state index in [0.29, 0.717) is 47.7 Å². The number of benzene rings is 2. The third-order valence-corrected chi connectivity index (χ3v) is 7.90. The minimum atomic E-state index is -0.886. The number of methoxy groups -OCH3 is 1. The Morgan fingerprint density at radius 1 is 1.12 bits per heavy atom. The molecule has 0 saturated carbocycles. The number of aromatic nitrogens is 1. The predicted octanol–water partition coefficient (Wildman–Crippen LogP) is 5.30. The molecule has 9 nitrogen and oxygen atoms in total. The van der Waals surface area contributed by atoms with Crippen LogP contribution in [0.4, 0.5) is 0 Å². The van der Waals surface area contributed by atoms with E-state index in [1.807, 2.05) is 0 Å². The van der Waals surface area contributed by atoms with Crippen LogP contribution in [0.25, 0.3) is 17.4 Å². The van der Waals surface area contributed by atoms with E-state index in [2.05, 4.69) is 4.99 Å². The van der Waals surface area contributed by atoms with Crippen molar-refractivity contribution in [3.63, 3.8) is 0 Å². The van der Waals surface area contributed by atoms with Crippen LogP contribution in [0.1, 0.15) is 38.1 Å². The standard InChI is InChI=1S/C30H24Cl2N2O7S/c1-5-39-29(37)26-15(2)33-30-34(27(26)17-6-10-23(40-16(3)35)24(12-17)38-4)28(36)25(42-30)14-19-8-11-22(41-19)20-9-7-18(31)13-21(20)32/h6-14,27H,5H2,1-4H3/t27-/m1/s1. The molecule has 0 N–H and O–H groups in total. The molecule has 12 heteroatoms. The van der Waals surface area contributed by atoms with Gasteiger partial charge in [0.05, 0.1) is 40.6 Å². The van der Waals surface area contributed by atoms with Crippen LogP contribution in [0.3, 0.4) is 0 Å². The Bertz CT molecular complexity index is 1940. The zero-order valence-electron chi connectivity index (χ0n) is 22.9. The van der Waals surface area contributed by atoms with Gasteiger partial charge in [0.25, 0.3) is 5.56 Å². The number of hydrogen-bond acceptors (Lipinski definition) is 9. The van der Waals surface area contributed by atoms with Crippen molar-refractivity contribution in [2.45, 2.75) is 26.8 Å². The number of carbonyl (C=O) groups is 2. The molecule has 5 rings (SSSR count). The topological polar surface area (TPSA) is 109 Å². The number of allylic oxidation sites excluding steroid dienone is 1. The van der Waals surface area contributed by atoms with Gasteiger partial charge in [0.1, 0.15) is 11.5 Å². The summed E-state index contributed by atoms with van der Waals surface area (Å²) in [6, 6.07) is 12.5. The van der Waals surface area contributed by atoms with E-state index in [-0.39, 0.29) is 29.2 Å². The van der Waals surface area contributed by atoms with Crippen molar-refractivity contribution in [1.82, 2.24) is 4.57 Å². The third-order valence-electron chi connectivity index (χ3n) is 6.37. The molecule has 0 aliphatic carbocycles. The Kier molecular flexibility index (Phi) is 8.40. The van der Waals surface area contributed by atoms with Crippen molar-refractivity contribution in [3.05, 3.63) is 101 Å². The van der Waals surface area contributed by atoms with Gasteiger partial charge in [-0.1, -0.05) is 40.6 Å². The summed E-state index contributed by atoms with van der Waals surface area (Å²) in [5.74, 6) is 0.272. The van der Waals surface area contributed by atoms with Gasteiger partial charge >= 0.3 is 11.9 Å². The van der Waals surface area contributed by atoms with E-state index in [1.54, 1.807) is 68.5 Å². The average molecular weight is 628 g/mol. The molecule has 1 atom stereocenters. The van der Waals surface area contributed by atoms with Gasteiger partial charge in [-0.15, -0.1) is 0 Å². The van der Waals surface area contributed by atoms with Crippen LogP contribution < -0.4 is 24.4 Å². The highest BCUT2D eigenvalue weighted by Crippen LogP contribution is 2.36. The van der Waals surface area contributed by atoms with Gasteiger partial charge < -0.3 is 18.6 Å². The molecule has 216 valence electrons. The highest BCUT2D eigenvalue weighted by Gasteiger charge is 2.34. The first kappa shape index (κ1) is 29.4. The van der Waals surface area contributed by atoms with Crippen LogP contribution in [-0.4, -0.2) is 30.2 Å². The molecule has 0 spiro atoms.